The number of aldehydes is 1. The molecule has 3 nitrogen and oxygen atoms in total. The van der Waals surface area contributed by atoms with Gasteiger partial charge in [0.05, 0.1) is 0 Å². The Bertz CT molecular complexity index is 638. The first-order valence-corrected chi connectivity index (χ1v) is 6.52. The molecule has 0 aliphatic rings. The molecule has 2 rings (SSSR count). The molecule has 4 heteroatoms. The Morgan fingerprint density at radius 3 is 2.68 bits per heavy atom. The van der Waals surface area contributed by atoms with Gasteiger partial charge in [-0.25, -0.2) is 0 Å². The van der Waals surface area contributed by atoms with E-state index in [0.717, 1.165) is 16.3 Å². The zero-order valence-electron chi connectivity index (χ0n) is 10.3. The Morgan fingerprint density at radius 2 is 2.00 bits per heavy atom. The Balaban J connectivity index is 2.20. The van der Waals surface area contributed by atoms with Crippen molar-refractivity contribution in [2.24, 2.45) is 0 Å². The highest BCUT2D eigenvalue weighted by molar-refractivity contribution is 9.10. The van der Waals surface area contributed by atoms with Crippen LogP contribution in [0.5, 0.6) is 0 Å². The zero-order valence-corrected chi connectivity index (χ0v) is 11.9. The second kappa shape index (κ2) is 5.80. The van der Waals surface area contributed by atoms with E-state index in [2.05, 4.69) is 21.2 Å². The second-order valence-electron chi connectivity index (χ2n) is 4.16. The number of nitrogens with one attached hydrogen (secondary N) is 1. The number of rotatable bonds is 3. The van der Waals surface area contributed by atoms with Gasteiger partial charge in [-0.3, -0.25) is 9.59 Å². The van der Waals surface area contributed by atoms with Gasteiger partial charge in [-0.15, -0.1) is 0 Å². The van der Waals surface area contributed by atoms with Crippen molar-refractivity contribution in [2.45, 2.75) is 6.92 Å². The van der Waals surface area contributed by atoms with Crippen molar-refractivity contribution >= 4 is 33.8 Å². The Kier molecular flexibility index (Phi) is 4.12. The minimum absolute atomic E-state index is 0.196. The van der Waals surface area contributed by atoms with E-state index in [-0.39, 0.29) is 5.91 Å². The molecule has 0 radical (unpaired) electrons. The summed E-state index contributed by atoms with van der Waals surface area (Å²) in [6.07, 6.45) is 0.749. The van der Waals surface area contributed by atoms with Crippen molar-refractivity contribution < 1.29 is 9.59 Å². The number of hydrogen-bond acceptors (Lipinski definition) is 2. The smallest absolute Gasteiger partial charge is 0.255 e. The van der Waals surface area contributed by atoms with E-state index < -0.39 is 0 Å². The Hall–Kier alpha value is -1.94. The van der Waals surface area contributed by atoms with Gasteiger partial charge in [0.25, 0.3) is 5.91 Å². The molecule has 19 heavy (non-hydrogen) atoms. The van der Waals surface area contributed by atoms with Gasteiger partial charge in [0.15, 0.2) is 0 Å². The van der Waals surface area contributed by atoms with Crippen LogP contribution in [0.1, 0.15) is 26.3 Å². The zero-order chi connectivity index (χ0) is 13.8. The van der Waals surface area contributed by atoms with Crippen LogP contribution in [0.25, 0.3) is 0 Å². The molecule has 2 aromatic carbocycles. The van der Waals surface area contributed by atoms with Crippen molar-refractivity contribution in [3.05, 3.63) is 63.6 Å². The molecule has 0 unspecified atom stereocenters. The highest BCUT2D eigenvalue weighted by Crippen LogP contribution is 2.18. The van der Waals surface area contributed by atoms with Crippen LogP contribution in [-0.2, 0) is 0 Å². The fourth-order valence-electron chi connectivity index (χ4n) is 1.68. The summed E-state index contributed by atoms with van der Waals surface area (Å²) in [5.74, 6) is -0.196. The number of anilines is 1. The summed E-state index contributed by atoms with van der Waals surface area (Å²) in [4.78, 5) is 22.7. The molecule has 0 aromatic heterocycles. The molecule has 0 saturated carbocycles. The van der Waals surface area contributed by atoms with Crippen LogP contribution >= 0.6 is 15.9 Å². The van der Waals surface area contributed by atoms with E-state index in [1.54, 1.807) is 30.3 Å². The molecule has 2 aromatic rings. The molecule has 0 fully saturated rings. The SMILES string of the molecule is Cc1cc(C(=O)Nc2cccc(C=O)c2)ccc1Br. The summed E-state index contributed by atoms with van der Waals surface area (Å²) < 4.78 is 0.965. The summed E-state index contributed by atoms with van der Waals surface area (Å²) in [6.45, 7) is 1.92. The van der Waals surface area contributed by atoms with E-state index in [9.17, 15) is 9.59 Å². The molecule has 1 N–H and O–H groups in total. The monoisotopic (exact) mass is 317 g/mol. The number of halogens is 1. The maximum atomic E-state index is 12.1. The summed E-state index contributed by atoms with van der Waals surface area (Å²) in [5.41, 5.74) is 2.71. The van der Waals surface area contributed by atoms with E-state index in [1.165, 1.54) is 0 Å². The molecule has 96 valence electrons. The van der Waals surface area contributed by atoms with Gasteiger partial charge in [0, 0.05) is 21.3 Å². The second-order valence-corrected chi connectivity index (χ2v) is 5.02. The van der Waals surface area contributed by atoms with Crippen LogP contribution in [0.3, 0.4) is 0 Å². The number of aryl methyl sites for hydroxylation is 1. The predicted molar refractivity (Wildman–Crippen MR) is 78.7 cm³/mol. The molecule has 1 amide bonds. The summed E-state index contributed by atoms with van der Waals surface area (Å²) in [6, 6.07) is 12.2. The largest absolute Gasteiger partial charge is 0.322 e. The minimum Gasteiger partial charge on any atom is -0.322 e. The molecule has 0 saturated heterocycles. The maximum absolute atomic E-state index is 12.1. The van der Waals surface area contributed by atoms with E-state index >= 15 is 0 Å². The lowest BCUT2D eigenvalue weighted by molar-refractivity contribution is 0.102. The highest BCUT2D eigenvalue weighted by atomic mass is 79.9. The quantitative estimate of drug-likeness (QED) is 0.875. The van der Waals surface area contributed by atoms with Crippen molar-refractivity contribution in [3.8, 4) is 0 Å². The van der Waals surface area contributed by atoms with Gasteiger partial charge >= 0.3 is 0 Å². The van der Waals surface area contributed by atoms with Crippen molar-refractivity contribution in [3.63, 3.8) is 0 Å². The van der Waals surface area contributed by atoms with Gasteiger partial charge in [0.1, 0.15) is 6.29 Å². The highest BCUT2D eigenvalue weighted by Gasteiger charge is 2.07. The molecule has 0 spiro atoms. The number of carbonyl (C=O) groups excluding carboxylic acids is 2. The van der Waals surface area contributed by atoms with Crippen LogP contribution < -0.4 is 5.32 Å². The minimum atomic E-state index is -0.196. The van der Waals surface area contributed by atoms with Crippen LogP contribution in [0.2, 0.25) is 0 Å². The van der Waals surface area contributed by atoms with Crippen molar-refractivity contribution in [1.82, 2.24) is 0 Å². The van der Waals surface area contributed by atoms with Crippen LogP contribution in [-0.4, -0.2) is 12.2 Å². The Morgan fingerprint density at radius 1 is 1.21 bits per heavy atom. The molecular formula is C15H12BrNO2. The number of hydrogen-bond donors (Lipinski definition) is 1. The first kappa shape index (κ1) is 13.5. The molecule has 0 aliphatic heterocycles. The first-order chi connectivity index (χ1) is 9.10. The van der Waals surface area contributed by atoms with E-state index in [4.69, 9.17) is 0 Å². The van der Waals surface area contributed by atoms with Gasteiger partial charge in [-0.05, 0) is 42.8 Å². The Labute approximate surface area is 119 Å². The van der Waals surface area contributed by atoms with Crippen molar-refractivity contribution in [2.75, 3.05) is 5.32 Å². The average Bonchev–Trinajstić information content (AvgIpc) is 2.42. The van der Waals surface area contributed by atoms with Gasteiger partial charge in [0.2, 0.25) is 0 Å². The first-order valence-electron chi connectivity index (χ1n) is 5.73. The fourth-order valence-corrected chi connectivity index (χ4v) is 1.93. The van der Waals surface area contributed by atoms with Crippen molar-refractivity contribution in [1.29, 1.82) is 0 Å². The predicted octanol–water partition coefficient (Wildman–Crippen LogP) is 3.82. The summed E-state index contributed by atoms with van der Waals surface area (Å²) in [5, 5.41) is 2.77. The van der Waals surface area contributed by atoms with Crippen LogP contribution in [0.15, 0.2) is 46.9 Å². The molecule has 0 aliphatic carbocycles. The summed E-state index contributed by atoms with van der Waals surface area (Å²) >= 11 is 3.39. The van der Waals surface area contributed by atoms with Gasteiger partial charge < -0.3 is 5.32 Å². The number of benzene rings is 2. The van der Waals surface area contributed by atoms with E-state index in [0.29, 0.717) is 16.8 Å². The standard InChI is InChI=1S/C15H12BrNO2/c1-10-7-12(5-6-14(10)16)15(19)17-13-4-2-3-11(8-13)9-18/h2-9H,1H3,(H,17,19). The van der Waals surface area contributed by atoms with Gasteiger partial charge in [-0.1, -0.05) is 28.1 Å². The third-order valence-corrected chi connectivity index (χ3v) is 3.59. The topological polar surface area (TPSA) is 46.2 Å². The molecule has 0 bridgehead atoms. The number of amides is 1. The van der Waals surface area contributed by atoms with E-state index in [1.807, 2.05) is 19.1 Å². The number of carbonyl (C=O) groups is 2. The van der Waals surface area contributed by atoms with Crippen LogP contribution in [0.4, 0.5) is 5.69 Å². The average molecular weight is 318 g/mol. The summed E-state index contributed by atoms with van der Waals surface area (Å²) in [7, 11) is 0. The fraction of sp³-hybridized carbons (Fsp3) is 0.0667. The van der Waals surface area contributed by atoms with Crippen LogP contribution in [0, 0.1) is 6.92 Å². The maximum Gasteiger partial charge on any atom is 0.255 e. The third-order valence-electron chi connectivity index (χ3n) is 2.70. The molecular weight excluding hydrogens is 306 g/mol. The molecule has 0 heterocycles. The lowest BCUT2D eigenvalue weighted by Crippen LogP contribution is -2.12. The molecule has 0 atom stereocenters. The lowest BCUT2D eigenvalue weighted by atomic mass is 10.1. The lowest BCUT2D eigenvalue weighted by Gasteiger charge is -2.07. The third kappa shape index (κ3) is 3.29. The van der Waals surface area contributed by atoms with Gasteiger partial charge in [-0.2, -0.15) is 0 Å². The normalized spacial score (nSPS) is 10.0.